The number of morpholine rings is 1. The fourth-order valence-corrected chi connectivity index (χ4v) is 2.35. The minimum atomic E-state index is -4.37. The van der Waals surface area contributed by atoms with Crippen LogP contribution in [0.3, 0.4) is 0 Å². The number of nitrogens with zero attached hydrogens (tertiary/aromatic N) is 1. The molecular weight excluding hydrogens is 323 g/mol. The van der Waals surface area contributed by atoms with Crippen LogP contribution in [0.4, 0.5) is 18.9 Å². The lowest BCUT2D eigenvalue weighted by molar-refractivity contribution is -0.137. The van der Waals surface area contributed by atoms with Gasteiger partial charge in [0.25, 0.3) is 0 Å². The van der Waals surface area contributed by atoms with Crippen molar-refractivity contribution in [1.82, 2.24) is 10.2 Å². The third kappa shape index (κ3) is 6.46. The van der Waals surface area contributed by atoms with E-state index in [2.05, 4.69) is 15.5 Å². The third-order valence-electron chi connectivity index (χ3n) is 3.73. The maximum absolute atomic E-state index is 12.4. The highest BCUT2D eigenvalue weighted by molar-refractivity contribution is 5.90. The lowest BCUT2D eigenvalue weighted by Gasteiger charge is -2.26. The summed E-state index contributed by atoms with van der Waals surface area (Å²) in [6.07, 6.45) is -4.10. The number of hydrogen-bond donors (Lipinski definition) is 2. The molecule has 8 heteroatoms. The molecule has 1 amide bonds. The quantitative estimate of drug-likeness (QED) is 0.742. The normalized spacial score (nSPS) is 16.1. The van der Waals surface area contributed by atoms with Gasteiger partial charge in [0.2, 0.25) is 5.91 Å². The molecule has 0 aliphatic carbocycles. The standard InChI is InChI=1S/C16H22F3N3O2/c17-16(18,19)13-1-3-14(4-2-13)21-15(23)5-6-20-7-8-22-9-11-24-12-10-22/h1-4,20H,5-12H2,(H,21,23). The molecule has 0 radical (unpaired) electrons. The first kappa shape index (κ1) is 18.7. The summed E-state index contributed by atoms with van der Waals surface area (Å²) in [5.74, 6) is -0.228. The molecule has 1 aromatic carbocycles. The van der Waals surface area contributed by atoms with Gasteiger partial charge in [-0.25, -0.2) is 0 Å². The predicted octanol–water partition coefficient (Wildman–Crippen LogP) is 1.96. The SMILES string of the molecule is O=C(CCNCCN1CCOCC1)Nc1ccc(C(F)(F)F)cc1. The Bertz CT molecular complexity index is 514. The van der Waals surface area contributed by atoms with Crippen molar-refractivity contribution in [2.75, 3.05) is 51.3 Å². The molecule has 1 saturated heterocycles. The first-order valence-corrected chi connectivity index (χ1v) is 7.93. The first-order chi connectivity index (χ1) is 11.4. The topological polar surface area (TPSA) is 53.6 Å². The number of carbonyl (C=O) groups is 1. The van der Waals surface area contributed by atoms with Crippen molar-refractivity contribution in [3.8, 4) is 0 Å². The number of carbonyl (C=O) groups excluding carboxylic acids is 1. The molecule has 1 fully saturated rings. The third-order valence-corrected chi connectivity index (χ3v) is 3.73. The van der Waals surface area contributed by atoms with Gasteiger partial charge in [-0.1, -0.05) is 0 Å². The van der Waals surface area contributed by atoms with Crippen LogP contribution >= 0.6 is 0 Å². The fraction of sp³-hybridized carbons (Fsp3) is 0.562. The Kier molecular flexibility index (Phi) is 7.01. The number of nitrogens with one attached hydrogen (secondary N) is 2. The molecule has 5 nitrogen and oxygen atoms in total. The van der Waals surface area contributed by atoms with E-state index in [9.17, 15) is 18.0 Å². The van der Waals surface area contributed by atoms with Gasteiger partial charge in [0, 0.05) is 44.8 Å². The summed E-state index contributed by atoms with van der Waals surface area (Å²) in [5, 5.41) is 5.77. The van der Waals surface area contributed by atoms with Gasteiger partial charge in [0.05, 0.1) is 18.8 Å². The van der Waals surface area contributed by atoms with Gasteiger partial charge in [-0.05, 0) is 24.3 Å². The van der Waals surface area contributed by atoms with Gasteiger partial charge in [-0.15, -0.1) is 0 Å². The molecule has 1 heterocycles. The number of ether oxygens (including phenoxy) is 1. The second kappa shape index (κ2) is 9.00. The highest BCUT2D eigenvalue weighted by Gasteiger charge is 2.29. The zero-order valence-electron chi connectivity index (χ0n) is 13.4. The lowest BCUT2D eigenvalue weighted by atomic mass is 10.2. The number of alkyl halides is 3. The average molecular weight is 345 g/mol. The molecule has 134 valence electrons. The van der Waals surface area contributed by atoms with Gasteiger partial charge in [-0.3, -0.25) is 9.69 Å². The van der Waals surface area contributed by atoms with E-state index in [1.165, 1.54) is 12.1 Å². The van der Waals surface area contributed by atoms with Crippen LogP contribution in [0.5, 0.6) is 0 Å². The van der Waals surface area contributed by atoms with E-state index >= 15 is 0 Å². The van der Waals surface area contributed by atoms with Gasteiger partial charge in [0.1, 0.15) is 0 Å². The van der Waals surface area contributed by atoms with Crippen LogP contribution in [0, 0.1) is 0 Å². The lowest BCUT2D eigenvalue weighted by Crippen LogP contribution is -2.40. The monoisotopic (exact) mass is 345 g/mol. The number of halogens is 3. The van der Waals surface area contributed by atoms with Crippen LogP contribution in [0.15, 0.2) is 24.3 Å². The van der Waals surface area contributed by atoms with E-state index in [4.69, 9.17) is 4.74 Å². The van der Waals surface area contributed by atoms with Crippen molar-refractivity contribution in [3.05, 3.63) is 29.8 Å². The molecule has 0 atom stereocenters. The van der Waals surface area contributed by atoms with E-state index in [1.54, 1.807) is 0 Å². The second-order valence-corrected chi connectivity index (χ2v) is 5.58. The van der Waals surface area contributed by atoms with E-state index in [0.29, 0.717) is 12.2 Å². The number of anilines is 1. The number of hydrogen-bond acceptors (Lipinski definition) is 4. The Labute approximate surface area is 139 Å². The van der Waals surface area contributed by atoms with E-state index in [0.717, 1.165) is 51.5 Å². The smallest absolute Gasteiger partial charge is 0.379 e. The molecule has 1 aliphatic heterocycles. The summed E-state index contributed by atoms with van der Waals surface area (Å²) in [6, 6.07) is 4.42. The summed E-state index contributed by atoms with van der Waals surface area (Å²) < 4.78 is 42.6. The summed E-state index contributed by atoms with van der Waals surface area (Å²) >= 11 is 0. The Balaban J connectivity index is 1.61. The highest BCUT2D eigenvalue weighted by atomic mass is 19.4. The Morgan fingerprint density at radius 3 is 2.42 bits per heavy atom. The second-order valence-electron chi connectivity index (χ2n) is 5.58. The molecule has 2 N–H and O–H groups in total. The minimum absolute atomic E-state index is 0.228. The molecule has 0 saturated carbocycles. The van der Waals surface area contributed by atoms with Crippen molar-refractivity contribution >= 4 is 11.6 Å². The maximum atomic E-state index is 12.4. The van der Waals surface area contributed by atoms with Crippen LogP contribution < -0.4 is 10.6 Å². The highest BCUT2D eigenvalue weighted by Crippen LogP contribution is 2.29. The molecule has 0 spiro atoms. The summed E-state index contributed by atoms with van der Waals surface area (Å²) in [6.45, 7) is 5.59. The summed E-state index contributed by atoms with van der Waals surface area (Å²) in [7, 11) is 0. The van der Waals surface area contributed by atoms with Crippen LogP contribution in [-0.2, 0) is 15.7 Å². The Morgan fingerprint density at radius 1 is 1.12 bits per heavy atom. The Hall–Kier alpha value is -1.64. The van der Waals surface area contributed by atoms with Gasteiger partial charge >= 0.3 is 6.18 Å². The summed E-state index contributed by atoms with van der Waals surface area (Å²) in [4.78, 5) is 14.0. The van der Waals surface area contributed by atoms with Gasteiger partial charge in [0.15, 0.2) is 0 Å². The zero-order chi connectivity index (χ0) is 17.4. The molecule has 0 aromatic heterocycles. The zero-order valence-corrected chi connectivity index (χ0v) is 13.4. The van der Waals surface area contributed by atoms with Gasteiger partial charge < -0.3 is 15.4 Å². The molecule has 2 rings (SSSR count). The van der Waals surface area contributed by atoms with Gasteiger partial charge in [-0.2, -0.15) is 13.2 Å². The molecule has 0 unspecified atom stereocenters. The molecule has 0 bridgehead atoms. The molecule has 1 aliphatic rings. The number of amides is 1. The molecule has 24 heavy (non-hydrogen) atoms. The first-order valence-electron chi connectivity index (χ1n) is 7.93. The fourth-order valence-electron chi connectivity index (χ4n) is 2.35. The summed E-state index contributed by atoms with van der Waals surface area (Å²) in [5.41, 5.74) is -0.369. The van der Waals surface area contributed by atoms with E-state index < -0.39 is 11.7 Å². The van der Waals surface area contributed by atoms with Crippen LogP contribution in [0.1, 0.15) is 12.0 Å². The molecule has 1 aromatic rings. The number of rotatable bonds is 7. The minimum Gasteiger partial charge on any atom is -0.379 e. The predicted molar refractivity (Wildman–Crippen MR) is 84.8 cm³/mol. The van der Waals surface area contributed by atoms with Crippen molar-refractivity contribution < 1.29 is 22.7 Å². The molecular formula is C16H22F3N3O2. The number of benzene rings is 1. The van der Waals surface area contributed by atoms with E-state index in [-0.39, 0.29) is 12.3 Å². The maximum Gasteiger partial charge on any atom is 0.416 e. The van der Waals surface area contributed by atoms with E-state index in [1.807, 2.05) is 0 Å². The van der Waals surface area contributed by atoms with Crippen molar-refractivity contribution in [1.29, 1.82) is 0 Å². The van der Waals surface area contributed by atoms with Crippen molar-refractivity contribution in [2.24, 2.45) is 0 Å². The largest absolute Gasteiger partial charge is 0.416 e. The van der Waals surface area contributed by atoms with Crippen molar-refractivity contribution in [3.63, 3.8) is 0 Å². The van der Waals surface area contributed by atoms with Crippen LogP contribution in [0.25, 0.3) is 0 Å². The average Bonchev–Trinajstić information content (AvgIpc) is 2.55. The van der Waals surface area contributed by atoms with Crippen LogP contribution in [-0.4, -0.2) is 56.7 Å². The Morgan fingerprint density at radius 2 is 1.79 bits per heavy atom. The van der Waals surface area contributed by atoms with Crippen LogP contribution in [0.2, 0.25) is 0 Å². The van der Waals surface area contributed by atoms with Crippen molar-refractivity contribution in [2.45, 2.75) is 12.6 Å².